The lowest BCUT2D eigenvalue weighted by molar-refractivity contribution is -0.143. The van der Waals surface area contributed by atoms with Gasteiger partial charge < -0.3 is 15.0 Å². The predicted molar refractivity (Wildman–Crippen MR) is 147 cm³/mol. The summed E-state index contributed by atoms with van der Waals surface area (Å²) in [7, 11) is 0. The van der Waals surface area contributed by atoms with Gasteiger partial charge in [-0.2, -0.15) is 26.3 Å². The van der Waals surface area contributed by atoms with Crippen molar-refractivity contribution in [3.63, 3.8) is 0 Å². The lowest BCUT2D eigenvalue weighted by Gasteiger charge is -2.42. The van der Waals surface area contributed by atoms with Crippen LogP contribution in [0.4, 0.5) is 26.3 Å². The van der Waals surface area contributed by atoms with Gasteiger partial charge in [0.05, 0.1) is 23.3 Å². The number of hydrogen-bond donors (Lipinski definition) is 1. The first-order chi connectivity index (χ1) is 20.3. The van der Waals surface area contributed by atoms with Gasteiger partial charge in [-0.05, 0) is 81.2 Å². The third-order valence-corrected chi connectivity index (χ3v) is 8.92. The third kappa shape index (κ3) is 7.72. The summed E-state index contributed by atoms with van der Waals surface area (Å²) in [6.07, 6.45) is -6.38. The number of likely N-dealkylation sites (tertiary alicyclic amines) is 1. The molecular formula is C32H36F6N2O3. The summed E-state index contributed by atoms with van der Waals surface area (Å²) in [5.74, 6) is -0.194. The summed E-state index contributed by atoms with van der Waals surface area (Å²) < 4.78 is 87.0. The number of benzene rings is 2. The van der Waals surface area contributed by atoms with Crippen molar-refractivity contribution in [3.8, 4) is 0 Å². The molecule has 2 aromatic carbocycles. The Hall–Kier alpha value is -3.08. The maximum atomic E-state index is 13.6. The second-order valence-corrected chi connectivity index (χ2v) is 12.1. The fourth-order valence-corrected chi connectivity index (χ4v) is 6.28. The minimum Gasteiger partial charge on any atom is -0.370 e. The van der Waals surface area contributed by atoms with Gasteiger partial charge in [0.1, 0.15) is 0 Å². The first-order valence-corrected chi connectivity index (χ1v) is 14.9. The Morgan fingerprint density at radius 2 is 1.42 bits per heavy atom. The van der Waals surface area contributed by atoms with Crippen molar-refractivity contribution in [2.24, 2.45) is 11.8 Å². The largest absolute Gasteiger partial charge is 0.416 e. The number of ether oxygens (including phenoxy) is 1. The van der Waals surface area contributed by atoms with Crippen molar-refractivity contribution in [3.05, 3.63) is 70.8 Å². The normalized spacial score (nSPS) is 25.7. The molecule has 3 aliphatic rings. The molecule has 1 N–H and O–H groups in total. The van der Waals surface area contributed by atoms with Gasteiger partial charge in [-0.15, -0.1) is 0 Å². The highest BCUT2D eigenvalue weighted by molar-refractivity contribution is 5.81. The Morgan fingerprint density at radius 3 is 1.98 bits per heavy atom. The second-order valence-electron chi connectivity index (χ2n) is 12.1. The molecule has 3 atom stereocenters. The number of nitrogens with one attached hydrogen (secondary N) is 1. The highest BCUT2D eigenvalue weighted by Crippen LogP contribution is 2.40. The number of carbonyl (C=O) groups is 2. The van der Waals surface area contributed by atoms with Crippen LogP contribution >= 0.6 is 0 Å². The Labute approximate surface area is 247 Å². The Balaban J connectivity index is 1.28. The molecule has 0 unspecified atom stereocenters. The predicted octanol–water partition coefficient (Wildman–Crippen LogP) is 7.27. The number of hydrogen-bond acceptors (Lipinski definition) is 3. The third-order valence-electron chi connectivity index (χ3n) is 8.92. The number of amides is 2. The topological polar surface area (TPSA) is 58.6 Å². The highest BCUT2D eigenvalue weighted by Gasteiger charge is 2.40. The zero-order chi connectivity index (χ0) is 30.9. The minimum absolute atomic E-state index is 0.0343. The fraction of sp³-hybridized carbons (Fsp3) is 0.562. The van der Waals surface area contributed by atoms with Gasteiger partial charge in [0, 0.05) is 36.9 Å². The van der Waals surface area contributed by atoms with Crippen LogP contribution in [0, 0.1) is 11.8 Å². The van der Waals surface area contributed by atoms with Crippen molar-refractivity contribution in [2.75, 3.05) is 13.1 Å². The number of piperidine rings is 1. The first-order valence-electron chi connectivity index (χ1n) is 14.9. The molecule has 0 aromatic heterocycles. The molecule has 2 aliphatic carbocycles. The van der Waals surface area contributed by atoms with E-state index < -0.39 is 35.7 Å². The van der Waals surface area contributed by atoms with E-state index in [1.54, 1.807) is 0 Å². The molecule has 0 radical (unpaired) electrons. The molecular weight excluding hydrogens is 574 g/mol. The van der Waals surface area contributed by atoms with E-state index in [2.05, 4.69) is 5.32 Å². The van der Waals surface area contributed by atoms with Crippen LogP contribution in [0.1, 0.15) is 86.1 Å². The number of rotatable bonds is 7. The van der Waals surface area contributed by atoms with Crippen molar-refractivity contribution in [1.82, 2.24) is 10.2 Å². The van der Waals surface area contributed by atoms with Crippen LogP contribution in [0.2, 0.25) is 0 Å². The zero-order valence-electron chi connectivity index (χ0n) is 23.9. The van der Waals surface area contributed by atoms with Crippen LogP contribution in [0.3, 0.4) is 0 Å². The number of alkyl halides is 6. The summed E-state index contributed by atoms with van der Waals surface area (Å²) in [4.78, 5) is 27.5. The molecule has 5 rings (SSSR count). The Morgan fingerprint density at radius 1 is 0.837 bits per heavy atom. The van der Waals surface area contributed by atoms with Crippen LogP contribution in [0.5, 0.6) is 0 Å². The summed E-state index contributed by atoms with van der Waals surface area (Å²) >= 11 is 0. The average molecular weight is 611 g/mol. The fourth-order valence-electron chi connectivity index (χ4n) is 6.28. The lowest BCUT2D eigenvalue weighted by atomic mass is 9.83. The van der Waals surface area contributed by atoms with Crippen molar-refractivity contribution in [1.29, 1.82) is 0 Å². The number of nitrogens with zero attached hydrogens (tertiary/aromatic N) is 1. The molecule has 1 heterocycles. The molecule has 2 saturated carbocycles. The van der Waals surface area contributed by atoms with Gasteiger partial charge in [0.15, 0.2) is 0 Å². The van der Waals surface area contributed by atoms with Gasteiger partial charge in [-0.1, -0.05) is 30.3 Å². The molecule has 43 heavy (non-hydrogen) atoms. The van der Waals surface area contributed by atoms with Crippen LogP contribution in [-0.2, 0) is 26.7 Å². The molecule has 0 bridgehead atoms. The van der Waals surface area contributed by atoms with Crippen LogP contribution in [-0.4, -0.2) is 41.9 Å². The zero-order valence-corrected chi connectivity index (χ0v) is 23.9. The second kappa shape index (κ2) is 12.5. The van der Waals surface area contributed by atoms with E-state index in [4.69, 9.17) is 4.74 Å². The van der Waals surface area contributed by atoms with E-state index in [0.29, 0.717) is 44.5 Å². The quantitative estimate of drug-likeness (QED) is 0.336. The number of halogens is 6. The van der Waals surface area contributed by atoms with Gasteiger partial charge in [-0.3, -0.25) is 9.59 Å². The average Bonchev–Trinajstić information content (AvgIpc) is 3.83. The van der Waals surface area contributed by atoms with Crippen LogP contribution in [0.15, 0.2) is 48.5 Å². The van der Waals surface area contributed by atoms with Crippen LogP contribution < -0.4 is 5.32 Å². The molecule has 1 saturated heterocycles. The van der Waals surface area contributed by atoms with Crippen molar-refractivity contribution < 1.29 is 40.7 Å². The molecule has 234 valence electrons. The van der Waals surface area contributed by atoms with Crippen molar-refractivity contribution in [2.45, 2.75) is 88.4 Å². The Bertz CT molecular complexity index is 1250. The number of carbonyl (C=O) groups excluding carboxylic acids is 2. The molecule has 0 spiro atoms. The maximum Gasteiger partial charge on any atom is 0.416 e. The van der Waals surface area contributed by atoms with Gasteiger partial charge in [-0.25, -0.2) is 0 Å². The summed E-state index contributed by atoms with van der Waals surface area (Å²) in [5.41, 5.74) is -2.09. The minimum atomic E-state index is -4.95. The van der Waals surface area contributed by atoms with Gasteiger partial charge in [0.25, 0.3) is 0 Å². The van der Waals surface area contributed by atoms with E-state index in [9.17, 15) is 35.9 Å². The molecule has 5 nitrogen and oxygen atoms in total. The van der Waals surface area contributed by atoms with Gasteiger partial charge >= 0.3 is 12.4 Å². The SMILES string of the molecule is C[C@@H](O[C@H]1CCN(C(=O)[C@H]2CC[C@H](NC(=O)C3CC3)CC2)C[C@H]1c1ccccc1)c1cc(C(F)(F)F)cc(C(F)(F)F)c1. The molecule has 11 heteroatoms. The summed E-state index contributed by atoms with van der Waals surface area (Å²) in [5, 5.41) is 3.10. The van der Waals surface area contributed by atoms with E-state index in [1.807, 2.05) is 35.2 Å². The standard InChI is InChI=1S/C32H36F6N2O3/c1-19(23-15-24(31(33,34)35)17-25(16-23)32(36,37)38)43-28-13-14-40(18-27(28)20-5-3-2-4-6-20)30(42)22-9-11-26(12-10-22)39-29(41)21-7-8-21/h2-6,15-17,19,21-22,26-28H,7-14,18H2,1H3,(H,39,41)/t19-,22-,26-,27+,28+/m1/s1. The van der Waals surface area contributed by atoms with Crippen LogP contribution in [0.25, 0.3) is 0 Å². The van der Waals surface area contributed by atoms with E-state index in [1.165, 1.54) is 6.92 Å². The van der Waals surface area contributed by atoms with E-state index >= 15 is 0 Å². The molecule has 3 fully saturated rings. The molecule has 1 aliphatic heterocycles. The lowest BCUT2D eigenvalue weighted by Crippen LogP contribution is -2.49. The van der Waals surface area contributed by atoms with E-state index in [0.717, 1.165) is 31.2 Å². The van der Waals surface area contributed by atoms with Gasteiger partial charge in [0.2, 0.25) is 11.8 Å². The van der Waals surface area contributed by atoms with Crippen molar-refractivity contribution >= 4 is 11.8 Å². The monoisotopic (exact) mass is 610 g/mol. The highest BCUT2D eigenvalue weighted by atomic mass is 19.4. The summed E-state index contributed by atoms with van der Waals surface area (Å²) in [6.45, 7) is 2.15. The summed E-state index contributed by atoms with van der Waals surface area (Å²) in [6, 6.07) is 10.9. The molecule has 2 amide bonds. The first kappa shape index (κ1) is 31.3. The molecule has 2 aromatic rings. The maximum absolute atomic E-state index is 13.6. The van der Waals surface area contributed by atoms with E-state index in [-0.39, 0.29) is 47.2 Å². The smallest absolute Gasteiger partial charge is 0.370 e. The Kier molecular flexibility index (Phi) is 9.11.